The van der Waals surface area contributed by atoms with E-state index in [-0.39, 0.29) is 3.79 Å². The highest BCUT2D eigenvalue weighted by Crippen LogP contribution is 2.15. The molecule has 2 aromatic rings. The van der Waals surface area contributed by atoms with Gasteiger partial charge in [-0.15, -0.1) is 0 Å². The van der Waals surface area contributed by atoms with Gasteiger partial charge in [-0.1, -0.05) is 0 Å². The lowest BCUT2D eigenvalue weighted by atomic mass is 10.2. The van der Waals surface area contributed by atoms with Crippen LogP contribution >= 0.6 is 22.6 Å². The number of nitrogens with one attached hydrogen (secondary N) is 1. The first-order valence-corrected chi connectivity index (χ1v) is 4.62. The number of rotatable bonds is 1. The number of aromatic amines is 1. The number of benzene rings is 1. The molecule has 0 atom stereocenters. The van der Waals surface area contributed by atoms with Crippen LogP contribution in [0.1, 0.15) is 10.4 Å². The summed E-state index contributed by atoms with van der Waals surface area (Å²) in [5.74, 6) is 0. The molecule has 0 spiro atoms. The molecule has 0 aliphatic rings. The van der Waals surface area contributed by atoms with Gasteiger partial charge in [0.05, 0.1) is 0 Å². The van der Waals surface area contributed by atoms with Gasteiger partial charge in [0.25, 0.3) is 0 Å². The average Bonchev–Trinajstić information content (AvgIpc) is 2.49. The smallest absolute Gasteiger partial charge is 0.222 e. The second-order valence-corrected chi connectivity index (χ2v) is 3.53. The largest absolute Gasteiger partial charge is 0.361 e. The zero-order valence-corrected chi connectivity index (χ0v) is 8.33. The highest BCUT2D eigenvalue weighted by molar-refractivity contribution is 14.1. The van der Waals surface area contributed by atoms with Crippen molar-refractivity contribution >= 4 is 37.3 Å². The fourth-order valence-electron chi connectivity index (χ4n) is 1.18. The van der Waals surface area contributed by atoms with Crippen LogP contribution in [0.4, 0.5) is 0 Å². The van der Waals surface area contributed by atoms with E-state index in [0.29, 0.717) is 0 Å². The van der Waals surface area contributed by atoms with Crippen molar-refractivity contribution in [3.8, 4) is 0 Å². The molecule has 1 aromatic heterocycles. The summed E-state index contributed by atoms with van der Waals surface area (Å²) in [6.07, 6.45) is 1.87. The quantitative estimate of drug-likeness (QED) is 0.627. The fraction of sp³-hybridized carbons (Fsp3) is 0. The minimum atomic E-state index is 0.0794. The number of carbonyl (C=O) groups is 1. The molecule has 0 unspecified atom stereocenters. The molecule has 2 rings (SSSR count). The summed E-state index contributed by atoms with van der Waals surface area (Å²) in [5, 5.41) is 1.08. The van der Waals surface area contributed by atoms with E-state index in [2.05, 4.69) is 4.98 Å². The number of aromatic nitrogens is 1. The van der Waals surface area contributed by atoms with Crippen LogP contribution in [0.25, 0.3) is 10.9 Å². The molecule has 60 valence electrons. The summed E-state index contributed by atoms with van der Waals surface area (Å²) in [5.41, 5.74) is 1.82. The van der Waals surface area contributed by atoms with E-state index in [9.17, 15) is 4.79 Å². The van der Waals surface area contributed by atoms with Crippen LogP contribution in [-0.2, 0) is 0 Å². The minimum Gasteiger partial charge on any atom is -0.361 e. The molecular formula is C9H6INO. The zero-order chi connectivity index (χ0) is 8.55. The van der Waals surface area contributed by atoms with Crippen LogP contribution in [0.3, 0.4) is 0 Å². The molecule has 1 heterocycles. The third-order valence-electron chi connectivity index (χ3n) is 1.78. The molecule has 0 aliphatic carbocycles. The molecule has 0 aliphatic heterocycles. The molecule has 12 heavy (non-hydrogen) atoms. The number of fused-ring (bicyclic) bond motifs is 1. The van der Waals surface area contributed by atoms with E-state index in [4.69, 9.17) is 0 Å². The normalized spacial score (nSPS) is 10.4. The lowest BCUT2D eigenvalue weighted by Gasteiger charge is -1.93. The number of H-pyrrole nitrogens is 1. The van der Waals surface area contributed by atoms with Crippen molar-refractivity contribution in [1.82, 2.24) is 4.98 Å². The van der Waals surface area contributed by atoms with Gasteiger partial charge in [-0.2, -0.15) is 0 Å². The van der Waals surface area contributed by atoms with Gasteiger partial charge in [-0.05, 0) is 24.3 Å². The Morgan fingerprint density at radius 1 is 1.33 bits per heavy atom. The first kappa shape index (κ1) is 7.79. The van der Waals surface area contributed by atoms with Crippen LogP contribution in [0.2, 0.25) is 0 Å². The second-order valence-electron chi connectivity index (χ2n) is 2.55. The molecule has 0 saturated carbocycles. The van der Waals surface area contributed by atoms with Gasteiger partial charge >= 0.3 is 0 Å². The Morgan fingerprint density at radius 2 is 2.17 bits per heavy atom. The van der Waals surface area contributed by atoms with Crippen molar-refractivity contribution in [1.29, 1.82) is 0 Å². The molecule has 0 saturated heterocycles. The van der Waals surface area contributed by atoms with Crippen molar-refractivity contribution in [2.45, 2.75) is 0 Å². The number of carbonyl (C=O) groups excluding carboxylic acids is 1. The first-order chi connectivity index (χ1) is 5.77. The van der Waals surface area contributed by atoms with Crippen molar-refractivity contribution in [2.24, 2.45) is 0 Å². The van der Waals surface area contributed by atoms with Crippen molar-refractivity contribution in [3.63, 3.8) is 0 Å². The van der Waals surface area contributed by atoms with E-state index in [1.807, 2.05) is 30.5 Å². The first-order valence-electron chi connectivity index (χ1n) is 3.54. The number of hydrogen-bond acceptors (Lipinski definition) is 1. The fourth-order valence-corrected chi connectivity index (χ4v) is 1.51. The Hall–Kier alpha value is -0.840. The molecule has 0 amide bonds. The lowest BCUT2D eigenvalue weighted by molar-refractivity contribution is 0.110. The Morgan fingerprint density at radius 3 is 2.92 bits per heavy atom. The maximum absolute atomic E-state index is 11.0. The Labute approximate surface area is 83.1 Å². The van der Waals surface area contributed by atoms with Gasteiger partial charge in [0, 0.05) is 45.3 Å². The predicted octanol–water partition coefficient (Wildman–Crippen LogP) is 2.74. The van der Waals surface area contributed by atoms with Gasteiger partial charge in [-0.3, -0.25) is 4.79 Å². The maximum atomic E-state index is 11.0. The van der Waals surface area contributed by atoms with E-state index in [0.717, 1.165) is 16.5 Å². The van der Waals surface area contributed by atoms with Crippen LogP contribution in [-0.4, -0.2) is 8.77 Å². The molecule has 1 N–H and O–H groups in total. The summed E-state index contributed by atoms with van der Waals surface area (Å²) >= 11 is 1.79. The summed E-state index contributed by atoms with van der Waals surface area (Å²) in [7, 11) is 0. The highest BCUT2D eigenvalue weighted by Gasteiger charge is 2.01. The summed E-state index contributed by atoms with van der Waals surface area (Å²) in [6, 6.07) is 7.59. The Kier molecular flexibility index (Phi) is 1.88. The monoisotopic (exact) mass is 271 g/mol. The highest BCUT2D eigenvalue weighted by atomic mass is 127. The topological polar surface area (TPSA) is 32.9 Å². The standard InChI is InChI=1S/C9H6INO/c10-9(12)7-1-2-8-6(5-7)3-4-11-8/h1-5,11H. The van der Waals surface area contributed by atoms with E-state index in [1.54, 1.807) is 22.6 Å². The summed E-state index contributed by atoms with van der Waals surface area (Å²) in [4.78, 5) is 14.1. The molecule has 0 fully saturated rings. The van der Waals surface area contributed by atoms with Crippen molar-refractivity contribution in [2.75, 3.05) is 0 Å². The molecular weight excluding hydrogens is 265 g/mol. The van der Waals surface area contributed by atoms with Crippen LogP contribution in [0.15, 0.2) is 30.5 Å². The van der Waals surface area contributed by atoms with E-state index in [1.165, 1.54) is 0 Å². The predicted molar refractivity (Wildman–Crippen MR) is 56.6 cm³/mol. The average molecular weight is 271 g/mol. The minimum absolute atomic E-state index is 0.0794. The summed E-state index contributed by atoms with van der Waals surface area (Å²) in [6.45, 7) is 0. The lowest BCUT2D eigenvalue weighted by Crippen LogP contribution is -1.85. The number of hydrogen-bond donors (Lipinski definition) is 1. The SMILES string of the molecule is O=C(I)c1ccc2[nH]ccc2c1. The van der Waals surface area contributed by atoms with Crippen LogP contribution in [0.5, 0.6) is 0 Å². The van der Waals surface area contributed by atoms with E-state index < -0.39 is 0 Å². The van der Waals surface area contributed by atoms with Crippen LogP contribution in [0, 0.1) is 0 Å². The van der Waals surface area contributed by atoms with Crippen molar-refractivity contribution in [3.05, 3.63) is 36.0 Å². The van der Waals surface area contributed by atoms with Gasteiger partial charge in [0.15, 0.2) is 0 Å². The zero-order valence-electron chi connectivity index (χ0n) is 6.17. The molecule has 2 nitrogen and oxygen atoms in total. The van der Waals surface area contributed by atoms with Gasteiger partial charge in [0.1, 0.15) is 0 Å². The second kappa shape index (κ2) is 2.90. The summed E-state index contributed by atoms with van der Waals surface area (Å²) < 4.78 is 0.0794. The molecule has 0 bridgehead atoms. The van der Waals surface area contributed by atoms with E-state index >= 15 is 0 Å². The molecule has 3 heteroatoms. The Bertz CT molecular complexity index is 433. The third-order valence-corrected chi connectivity index (χ3v) is 2.40. The Balaban J connectivity index is 2.68. The van der Waals surface area contributed by atoms with Gasteiger partial charge in [0.2, 0.25) is 3.79 Å². The molecule has 1 aromatic carbocycles. The van der Waals surface area contributed by atoms with Crippen molar-refractivity contribution < 1.29 is 4.79 Å². The maximum Gasteiger partial charge on any atom is 0.222 e. The van der Waals surface area contributed by atoms with Gasteiger partial charge in [-0.25, -0.2) is 0 Å². The van der Waals surface area contributed by atoms with Crippen LogP contribution < -0.4 is 0 Å². The third kappa shape index (κ3) is 1.24. The molecule has 0 radical (unpaired) electrons. The number of halogens is 1. The van der Waals surface area contributed by atoms with Gasteiger partial charge < -0.3 is 4.98 Å².